The molecule has 116 valence electrons. The SMILES string of the molecule is CCCC1CCN(C(=O)c2ccc(F)c(S(=O)(=O)Cl)c2)C1. The molecule has 1 heterocycles. The van der Waals surface area contributed by atoms with E-state index in [1.165, 1.54) is 6.07 Å². The van der Waals surface area contributed by atoms with E-state index in [9.17, 15) is 17.6 Å². The minimum Gasteiger partial charge on any atom is -0.338 e. The fourth-order valence-electron chi connectivity index (χ4n) is 2.67. The van der Waals surface area contributed by atoms with E-state index in [1.54, 1.807) is 4.90 Å². The third-order valence-electron chi connectivity index (χ3n) is 3.71. The quantitative estimate of drug-likeness (QED) is 0.796. The molecule has 1 aliphatic heterocycles. The predicted octanol–water partition coefficient (Wildman–Crippen LogP) is 3.02. The number of carbonyl (C=O) groups excluding carboxylic acids is 1. The molecule has 0 radical (unpaired) electrons. The molecular formula is C14H17ClFNO3S. The van der Waals surface area contributed by atoms with E-state index in [0.29, 0.717) is 19.0 Å². The zero-order valence-corrected chi connectivity index (χ0v) is 13.3. The summed E-state index contributed by atoms with van der Waals surface area (Å²) in [5.74, 6) is -0.752. The summed E-state index contributed by atoms with van der Waals surface area (Å²) in [7, 11) is 0.966. The van der Waals surface area contributed by atoms with Crippen LogP contribution >= 0.6 is 10.7 Å². The first-order valence-corrected chi connectivity index (χ1v) is 9.17. The number of halogens is 2. The second-order valence-corrected chi connectivity index (χ2v) is 7.81. The van der Waals surface area contributed by atoms with E-state index in [2.05, 4.69) is 6.92 Å². The molecule has 0 N–H and O–H groups in total. The summed E-state index contributed by atoms with van der Waals surface area (Å²) in [6, 6.07) is 3.26. The summed E-state index contributed by atoms with van der Waals surface area (Å²) in [4.78, 5) is 13.4. The highest BCUT2D eigenvalue weighted by Gasteiger charge is 2.27. The molecule has 1 saturated heterocycles. The van der Waals surface area contributed by atoms with Gasteiger partial charge in [0.25, 0.3) is 15.0 Å². The Morgan fingerprint density at radius 1 is 1.48 bits per heavy atom. The van der Waals surface area contributed by atoms with Crippen LogP contribution in [-0.2, 0) is 9.05 Å². The van der Waals surface area contributed by atoms with Gasteiger partial charge >= 0.3 is 0 Å². The van der Waals surface area contributed by atoms with Crippen molar-refractivity contribution in [1.29, 1.82) is 0 Å². The summed E-state index contributed by atoms with van der Waals surface area (Å²) in [6.07, 6.45) is 3.08. The van der Waals surface area contributed by atoms with E-state index in [-0.39, 0.29) is 11.5 Å². The molecule has 21 heavy (non-hydrogen) atoms. The number of amides is 1. The maximum atomic E-state index is 13.5. The normalized spacial score (nSPS) is 19.0. The predicted molar refractivity (Wildman–Crippen MR) is 78.4 cm³/mol. The summed E-state index contributed by atoms with van der Waals surface area (Å²) in [5, 5.41) is 0. The zero-order valence-electron chi connectivity index (χ0n) is 11.7. The van der Waals surface area contributed by atoms with Crippen LogP contribution in [-0.4, -0.2) is 32.3 Å². The number of likely N-dealkylation sites (tertiary alicyclic amines) is 1. The number of hydrogen-bond acceptors (Lipinski definition) is 3. The lowest BCUT2D eigenvalue weighted by Gasteiger charge is -2.17. The second-order valence-electron chi connectivity index (χ2n) is 5.28. The minimum atomic E-state index is -4.21. The Hall–Kier alpha value is -1.14. The van der Waals surface area contributed by atoms with Crippen LogP contribution in [0.3, 0.4) is 0 Å². The van der Waals surface area contributed by atoms with Gasteiger partial charge in [0.2, 0.25) is 0 Å². The molecule has 1 aliphatic rings. The number of benzene rings is 1. The molecule has 1 fully saturated rings. The Balaban J connectivity index is 2.21. The lowest BCUT2D eigenvalue weighted by Crippen LogP contribution is -2.28. The van der Waals surface area contributed by atoms with Crippen molar-refractivity contribution in [3.05, 3.63) is 29.6 Å². The molecule has 1 amide bonds. The van der Waals surface area contributed by atoms with Gasteiger partial charge in [-0.2, -0.15) is 0 Å². The Morgan fingerprint density at radius 2 is 2.19 bits per heavy atom. The van der Waals surface area contributed by atoms with E-state index in [0.717, 1.165) is 31.4 Å². The summed E-state index contributed by atoms with van der Waals surface area (Å²) >= 11 is 0. The maximum absolute atomic E-state index is 13.5. The van der Waals surface area contributed by atoms with Crippen molar-refractivity contribution in [2.45, 2.75) is 31.1 Å². The van der Waals surface area contributed by atoms with Crippen molar-refractivity contribution in [3.63, 3.8) is 0 Å². The molecule has 0 aliphatic carbocycles. The van der Waals surface area contributed by atoms with Gasteiger partial charge in [-0.15, -0.1) is 0 Å². The van der Waals surface area contributed by atoms with Gasteiger partial charge in [-0.05, 0) is 37.0 Å². The second kappa shape index (κ2) is 6.32. The summed E-state index contributed by atoms with van der Waals surface area (Å²) < 4.78 is 36.1. The molecule has 7 heteroatoms. The van der Waals surface area contributed by atoms with Crippen LogP contribution in [0.25, 0.3) is 0 Å². The number of hydrogen-bond donors (Lipinski definition) is 0. The molecule has 2 rings (SSSR count). The minimum absolute atomic E-state index is 0.146. The average molecular weight is 334 g/mol. The number of nitrogens with zero attached hydrogens (tertiary/aromatic N) is 1. The lowest BCUT2D eigenvalue weighted by atomic mass is 10.0. The molecule has 1 aromatic rings. The third-order valence-corrected chi connectivity index (χ3v) is 5.05. The van der Waals surface area contributed by atoms with Crippen LogP contribution in [0.4, 0.5) is 4.39 Å². The van der Waals surface area contributed by atoms with Crippen LogP contribution in [0.15, 0.2) is 23.1 Å². The monoisotopic (exact) mass is 333 g/mol. The van der Waals surface area contributed by atoms with Crippen molar-refractivity contribution in [2.24, 2.45) is 5.92 Å². The number of carbonyl (C=O) groups is 1. The van der Waals surface area contributed by atoms with Gasteiger partial charge < -0.3 is 4.90 Å². The first kappa shape index (κ1) is 16.2. The molecule has 0 spiro atoms. The van der Waals surface area contributed by atoms with Gasteiger partial charge in [0.05, 0.1) is 0 Å². The smallest absolute Gasteiger partial charge is 0.264 e. The number of rotatable bonds is 4. The largest absolute Gasteiger partial charge is 0.338 e. The standard InChI is InChI=1S/C14H17ClFNO3S/c1-2-3-10-6-7-17(9-10)14(18)11-4-5-12(16)13(8-11)21(15,19)20/h4-5,8,10H,2-3,6-7,9H2,1H3. The van der Waals surface area contributed by atoms with Crippen molar-refractivity contribution in [1.82, 2.24) is 4.90 Å². The van der Waals surface area contributed by atoms with Gasteiger partial charge in [-0.3, -0.25) is 4.79 Å². The summed E-state index contributed by atoms with van der Waals surface area (Å²) in [6.45, 7) is 3.40. The molecule has 0 saturated carbocycles. The van der Waals surface area contributed by atoms with E-state index < -0.39 is 19.8 Å². The lowest BCUT2D eigenvalue weighted by molar-refractivity contribution is 0.0786. The highest BCUT2D eigenvalue weighted by atomic mass is 35.7. The molecule has 0 aromatic heterocycles. The maximum Gasteiger partial charge on any atom is 0.264 e. The Bertz CT molecular complexity index is 648. The Kier molecular flexibility index (Phi) is 4.88. The van der Waals surface area contributed by atoms with E-state index in [1.807, 2.05) is 0 Å². The Morgan fingerprint density at radius 3 is 2.81 bits per heavy atom. The first-order chi connectivity index (χ1) is 9.82. The van der Waals surface area contributed by atoms with Crippen molar-refractivity contribution in [3.8, 4) is 0 Å². The van der Waals surface area contributed by atoms with Crippen molar-refractivity contribution >= 4 is 25.6 Å². The summed E-state index contributed by atoms with van der Waals surface area (Å²) in [5.41, 5.74) is 0.146. The van der Waals surface area contributed by atoms with Crippen molar-refractivity contribution in [2.75, 3.05) is 13.1 Å². The van der Waals surface area contributed by atoms with Gasteiger partial charge in [-0.25, -0.2) is 12.8 Å². The fourth-order valence-corrected chi connectivity index (χ4v) is 3.59. The van der Waals surface area contributed by atoms with Crippen LogP contribution in [0.1, 0.15) is 36.5 Å². The van der Waals surface area contributed by atoms with Gasteiger partial charge in [0, 0.05) is 29.3 Å². The molecule has 1 unspecified atom stereocenters. The van der Waals surface area contributed by atoms with Crippen LogP contribution in [0, 0.1) is 11.7 Å². The first-order valence-electron chi connectivity index (χ1n) is 6.86. The molecule has 4 nitrogen and oxygen atoms in total. The fraction of sp³-hybridized carbons (Fsp3) is 0.500. The highest BCUT2D eigenvalue weighted by molar-refractivity contribution is 8.13. The Labute approximate surface area is 128 Å². The topological polar surface area (TPSA) is 54.5 Å². The highest BCUT2D eigenvalue weighted by Crippen LogP contribution is 2.25. The molecule has 1 aromatic carbocycles. The van der Waals surface area contributed by atoms with Crippen LogP contribution < -0.4 is 0 Å². The zero-order chi connectivity index (χ0) is 15.6. The van der Waals surface area contributed by atoms with Crippen LogP contribution in [0.2, 0.25) is 0 Å². The van der Waals surface area contributed by atoms with Gasteiger partial charge in [0.15, 0.2) is 0 Å². The average Bonchev–Trinajstić information content (AvgIpc) is 2.86. The third kappa shape index (κ3) is 3.74. The van der Waals surface area contributed by atoms with Crippen LogP contribution in [0.5, 0.6) is 0 Å². The molecular weight excluding hydrogens is 317 g/mol. The van der Waals surface area contributed by atoms with Gasteiger partial charge in [0.1, 0.15) is 10.7 Å². The molecule has 1 atom stereocenters. The molecule has 0 bridgehead atoms. The van der Waals surface area contributed by atoms with E-state index >= 15 is 0 Å². The van der Waals surface area contributed by atoms with Crippen molar-refractivity contribution < 1.29 is 17.6 Å². The van der Waals surface area contributed by atoms with E-state index in [4.69, 9.17) is 10.7 Å². The van der Waals surface area contributed by atoms with Gasteiger partial charge in [-0.1, -0.05) is 13.3 Å².